The summed E-state index contributed by atoms with van der Waals surface area (Å²) in [6, 6.07) is 0.171. The number of likely N-dealkylation sites (N-methyl/N-ethyl adjacent to an activating group) is 1. The van der Waals surface area contributed by atoms with Crippen LogP contribution in [0.3, 0.4) is 0 Å². The van der Waals surface area contributed by atoms with E-state index in [2.05, 4.69) is 20.6 Å². The Kier molecular flexibility index (Phi) is 3.09. The van der Waals surface area contributed by atoms with Crippen LogP contribution in [0.1, 0.15) is 18.4 Å². The first-order valence-electron chi connectivity index (χ1n) is 6.56. The summed E-state index contributed by atoms with van der Waals surface area (Å²) in [5.74, 6) is 0.365. The smallest absolute Gasteiger partial charge is 0.334 e. The molecule has 20 heavy (non-hydrogen) atoms. The van der Waals surface area contributed by atoms with Gasteiger partial charge in [-0.25, -0.2) is 9.97 Å². The van der Waals surface area contributed by atoms with Crippen molar-refractivity contribution < 1.29 is 13.2 Å². The second kappa shape index (κ2) is 4.56. The molecule has 0 bridgehead atoms. The molecule has 2 atom stereocenters. The Hall–Kier alpha value is -1.41. The molecule has 110 valence electrons. The molecule has 2 saturated heterocycles. The van der Waals surface area contributed by atoms with Crippen LogP contribution >= 0.6 is 0 Å². The van der Waals surface area contributed by atoms with Gasteiger partial charge in [-0.15, -0.1) is 0 Å². The highest BCUT2D eigenvalue weighted by atomic mass is 19.4. The molecule has 2 fully saturated rings. The number of nitrogens with zero attached hydrogens (tertiary/aromatic N) is 3. The third-order valence-corrected chi connectivity index (χ3v) is 4.22. The molecule has 8 heteroatoms. The van der Waals surface area contributed by atoms with Crippen molar-refractivity contribution in [2.75, 3.05) is 25.0 Å². The quantitative estimate of drug-likeness (QED) is 0.849. The summed E-state index contributed by atoms with van der Waals surface area (Å²) >= 11 is 0. The maximum absolute atomic E-state index is 12.5. The summed E-state index contributed by atoms with van der Waals surface area (Å²) in [6.07, 6.45) is -0.898. The third-order valence-electron chi connectivity index (χ3n) is 4.22. The van der Waals surface area contributed by atoms with E-state index in [1.54, 1.807) is 0 Å². The maximum atomic E-state index is 12.5. The van der Waals surface area contributed by atoms with Gasteiger partial charge < -0.3 is 10.2 Å². The van der Waals surface area contributed by atoms with Crippen molar-refractivity contribution in [2.45, 2.75) is 30.7 Å². The molecule has 0 saturated carbocycles. The molecule has 0 amide bonds. The molecule has 2 N–H and O–H groups in total. The van der Waals surface area contributed by atoms with Crippen molar-refractivity contribution in [2.24, 2.45) is 0 Å². The van der Waals surface area contributed by atoms with E-state index in [4.69, 9.17) is 0 Å². The van der Waals surface area contributed by atoms with E-state index >= 15 is 0 Å². The minimum absolute atomic E-state index is 0.171. The van der Waals surface area contributed by atoms with E-state index in [-0.39, 0.29) is 11.7 Å². The summed E-state index contributed by atoms with van der Waals surface area (Å²) in [5, 5.41) is 6.72. The van der Waals surface area contributed by atoms with E-state index in [1.165, 1.54) is 0 Å². The summed E-state index contributed by atoms with van der Waals surface area (Å²) in [4.78, 5) is 9.77. The van der Waals surface area contributed by atoms with Gasteiger partial charge in [0.15, 0.2) is 0 Å². The number of aromatic nitrogens is 2. The molecule has 3 rings (SSSR count). The Balaban J connectivity index is 1.84. The van der Waals surface area contributed by atoms with Crippen LogP contribution in [0.25, 0.3) is 0 Å². The normalized spacial score (nSPS) is 29.8. The lowest BCUT2D eigenvalue weighted by Crippen LogP contribution is -2.57. The van der Waals surface area contributed by atoms with Crippen LogP contribution in [0.2, 0.25) is 0 Å². The monoisotopic (exact) mass is 287 g/mol. The number of hydrogen-bond donors (Lipinski definition) is 2. The molecule has 1 aromatic heterocycles. The minimum Gasteiger partial charge on any atom is -0.334 e. The van der Waals surface area contributed by atoms with Crippen molar-refractivity contribution in [3.63, 3.8) is 0 Å². The Morgan fingerprint density at radius 1 is 1.40 bits per heavy atom. The summed E-state index contributed by atoms with van der Waals surface area (Å²) in [5.41, 5.74) is -0.989. The molecule has 0 radical (unpaired) electrons. The zero-order valence-electron chi connectivity index (χ0n) is 11.0. The lowest BCUT2D eigenvalue weighted by Gasteiger charge is -2.31. The van der Waals surface area contributed by atoms with Gasteiger partial charge >= 0.3 is 6.18 Å². The molecule has 3 heterocycles. The summed E-state index contributed by atoms with van der Waals surface area (Å²) in [6.45, 7) is 1.60. The lowest BCUT2D eigenvalue weighted by atomic mass is 10.0. The zero-order valence-corrected chi connectivity index (χ0v) is 11.0. The van der Waals surface area contributed by atoms with Gasteiger partial charge in [-0.1, -0.05) is 0 Å². The largest absolute Gasteiger partial charge is 0.419 e. The first-order chi connectivity index (χ1) is 9.46. The van der Waals surface area contributed by atoms with Crippen molar-refractivity contribution in [1.82, 2.24) is 20.6 Å². The highest BCUT2D eigenvalue weighted by Crippen LogP contribution is 2.35. The average molecular weight is 287 g/mol. The van der Waals surface area contributed by atoms with Gasteiger partial charge in [0.2, 0.25) is 5.95 Å². The first-order valence-corrected chi connectivity index (χ1v) is 6.56. The third kappa shape index (κ3) is 2.03. The van der Waals surface area contributed by atoms with E-state index in [0.717, 1.165) is 38.3 Å². The number of hydrogen-bond acceptors (Lipinski definition) is 5. The average Bonchev–Trinajstić information content (AvgIpc) is 2.96. The Morgan fingerprint density at radius 2 is 2.10 bits per heavy atom. The van der Waals surface area contributed by atoms with Gasteiger partial charge in [0.25, 0.3) is 0 Å². The van der Waals surface area contributed by atoms with Gasteiger partial charge in [0.05, 0.1) is 17.3 Å². The SMILES string of the molecule is CN[C@@]12CCN(c3ncc(C(F)(F)F)cn3)[C@@H]1CCN2. The fraction of sp³-hybridized carbons (Fsp3) is 0.667. The molecule has 0 unspecified atom stereocenters. The lowest BCUT2D eigenvalue weighted by molar-refractivity contribution is -0.138. The molecule has 0 aromatic carbocycles. The molecular formula is C12H16F3N5. The Bertz CT molecular complexity index is 489. The summed E-state index contributed by atoms with van der Waals surface area (Å²) in [7, 11) is 1.89. The van der Waals surface area contributed by atoms with Crippen LogP contribution in [0.5, 0.6) is 0 Å². The van der Waals surface area contributed by atoms with Gasteiger partial charge in [-0.2, -0.15) is 13.2 Å². The van der Waals surface area contributed by atoms with E-state index in [9.17, 15) is 13.2 Å². The van der Waals surface area contributed by atoms with Gasteiger partial charge in [0, 0.05) is 18.9 Å². The number of halogens is 3. The fourth-order valence-electron chi connectivity index (χ4n) is 3.16. The highest BCUT2D eigenvalue weighted by Gasteiger charge is 2.50. The number of alkyl halides is 3. The second-order valence-corrected chi connectivity index (χ2v) is 5.17. The van der Waals surface area contributed by atoms with Crippen LogP contribution in [0.4, 0.5) is 19.1 Å². The van der Waals surface area contributed by atoms with Crippen LogP contribution in [0.15, 0.2) is 12.4 Å². The molecular weight excluding hydrogens is 271 g/mol. The second-order valence-electron chi connectivity index (χ2n) is 5.17. The van der Waals surface area contributed by atoms with Gasteiger partial charge in [-0.05, 0) is 26.4 Å². The van der Waals surface area contributed by atoms with Crippen LogP contribution in [-0.4, -0.2) is 41.8 Å². The fourth-order valence-corrected chi connectivity index (χ4v) is 3.16. The molecule has 5 nitrogen and oxygen atoms in total. The van der Waals surface area contributed by atoms with Crippen LogP contribution in [0, 0.1) is 0 Å². The Morgan fingerprint density at radius 3 is 2.70 bits per heavy atom. The van der Waals surface area contributed by atoms with Crippen molar-refractivity contribution >= 4 is 5.95 Å². The topological polar surface area (TPSA) is 53.1 Å². The van der Waals surface area contributed by atoms with E-state index in [0.29, 0.717) is 5.95 Å². The number of anilines is 1. The zero-order chi connectivity index (χ0) is 14.4. The molecule has 1 aromatic rings. The van der Waals surface area contributed by atoms with Crippen LogP contribution in [-0.2, 0) is 6.18 Å². The van der Waals surface area contributed by atoms with Gasteiger partial charge in [0.1, 0.15) is 0 Å². The minimum atomic E-state index is -4.40. The predicted molar refractivity (Wildman–Crippen MR) is 67.2 cm³/mol. The maximum Gasteiger partial charge on any atom is 0.419 e. The first kappa shape index (κ1) is 13.6. The van der Waals surface area contributed by atoms with Crippen molar-refractivity contribution in [1.29, 1.82) is 0 Å². The van der Waals surface area contributed by atoms with Crippen molar-refractivity contribution in [3.05, 3.63) is 18.0 Å². The molecule has 2 aliphatic heterocycles. The highest BCUT2D eigenvalue weighted by molar-refractivity contribution is 5.38. The summed E-state index contributed by atoms with van der Waals surface area (Å²) < 4.78 is 37.5. The number of nitrogens with one attached hydrogen (secondary N) is 2. The molecule has 2 aliphatic rings. The number of rotatable bonds is 2. The standard InChI is InChI=1S/C12H16F3N5/c1-16-11-3-5-20(9(11)2-4-19-11)10-17-6-8(7-18-10)12(13,14)15/h6-7,9,16,19H,2-5H2,1H3/t9-,11-/m1/s1. The molecule has 0 aliphatic carbocycles. The van der Waals surface area contributed by atoms with E-state index < -0.39 is 11.7 Å². The predicted octanol–water partition coefficient (Wildman–Crippen LogP) is 0.983. The van der Waals surface area contributed by atoms with Gasteiger partial charge in [-0.3, -0.25) is 5.32 Å². The molecule has 0 spiro atoms. The van der Waals surface area contributed by atoms with Crippen molar-refractivity contribution in [3.8, 4) is 0 Å². The Labute approximate surface area is 114 Å². The number of fused-ring (bicyclic) bond motifs is 1. The van der Waals surface area contributed by atoms with E-state index in [1.807, 2.05) is 11.9 Å². The van der Waals surface area contributed by atoms with Crippen LogP contribution < -0.4 is 15.5 Å².